The van der Waals surface area contributed by atoms with Crippen LogP contribution in [0.25, 0.3) is 0 Å². The number of carbonyl (C=O) groups excluding carboxylic acids is 4. The summed E-state index contributed by atoms with van der Waals surface area (Å²) in [7, 11) is 0. The Kier molecular flexibility index (Phi) is 5.84. The highest BCUT2D eigenvalue weighted by molar-refractivity contribution is 6.06. The molecular weight excluding hydrogens is 465 g/mol. The lowest BCUT2D eigenvalue weighted by atomic mass is 10.0. The lowest BCUT2D eigenvalue weighted by Gasteiger charge is -2.29. The minimum Gasteiger partial charge on any atom is -0.337 e. The molecule has 0 radical (unpaired) electrons. The Balaban J connectivity index is 1.56. The third kappa shape index (κ3) is 4.35. The predicted molar refractivity (Wildman–Crippen MR) is 105 cm³/mol. The van der Waals surface area contributed by atoms with Crippen LogP contribution in [0, 0.1) is 11.6 Å². The molecule has 4 amide bonds. The molecular formula is C22H16F5N3O4. The molecule has 2 heterocycles. The van der Waals surface area contributed by atoms with Crippen molar-refractivity contribution in [2.24, 2.45) is 0 Å². The smallest absolute Gasteiger partial charge is 0.337 e. The Morgan fingerprint density at radius 1 is 1.09 bits per heavy atom. The van der Waals surface area contributed by atoms with Gasteiger partial charge in [0.15, 0.2) is 6.04 Å². The highest BCUT2D eigenvalue weighted by Crippen LogP contribution is 2.35. The number of imide groups is 1. The van der Waals surface area contributed by atoms with Gasteiger partial charge in [0.05, 0.1) is 0 Å². The molecule has 2 aliphatic heterocycles. The van der Waals surface area contributed by atoms with Crippen LogP contribution >= 0.6 is 0 Å². The third-order valence-corrected chi connectivity index (χ3v) is 5.66. The maximum absolute atomic E-state index is 14.0. The zero-order valence-electron chi connectivity index (χ0n) is 17.2. The van der Waals surface area contributed by atoms with E-state index in [0.29, 0.717) is 17.7 Å². The molecule has 0 aromatic heterocycles. The molecule has 1 saturated heterocycles. The number of alkyl halides is 3. The lowest BCUT2D eigenvalue weighted by Crippen LogP contribution is -2.52. The first-order chi connectivity index (χ1) is 16.0. The van der Waals surface area contributed by atoms with Gasteiger partial charge in [-0.25, -0.2) is 8.78 Å². The largest absolute Gasteiger partial charge is 0.412 e. The maximum Gasteiger partial charge on any atom is 0.412 e. The standard InChI is InChI=1S/C22H16F5N3O4/c23-12-2-4-14(15(24)8-12)18(22(25,26)27)29-19(32)10-1-3-13-11(7-10)9-30(21(13)34)16-5-6-17(31)28-20(16)33/h1-4,7-8,16,18H,5-6,9H2,(H,29,32)(H,28,31,33). The van der Waals surface area contributed by atoms with Gasteiger partial charge in [-0.1, -0.05) is 6.07 Å². The van der Waals surface area contributed by atoms with Crippen LogP contribution in [0.1, 0.15) is 50.7 Å². The SMILES string of the molecule is O=C1CCC(N2Cc3cc(C(=O)NC(c4ccc(F)cc4F)C(F)(F)F)ccc3C2=O)C(=O)N1. The van der Waals surface area contributed by atoms with Crippen molar-refractivity contribution < 1.29 is 41.1 Å². The van der Waals surface area contributed by atoms with Gasteiger partial charge in [-0.15, -0.1) is 0 Å². The number of amides is 4. The molecule has 178 valence electrons. The van der Waals surface area contributed by atoms with Gasteiger partial charge in [-0.05, 0) is 36.2 Å². The summed E-state index contributed by atoms with van der Waals surface area (Å²) in [6, 6.07) is 1.49. The monoisotopic (exact) mass is 481 g/mol. The van der Waals surface area contributed by atoms with Crippen LogP contribution in [0.4, 0.5) is 22.0 Å². The fourth-order valence-electron chi connectivity index (χ4n) is 4.00. The van der Waals surface area contributed by atoms with Gasteiger partial charge in [0.1, 0.15) is 17.7 Å². The lowest BCUT2D eigenvalue weighted by molar-refractivity contribution is -0.155. The van der Waals surface area contributed by atoms with Gasteiger partial charge >= 0.3 is 6.18 Å². The van der Waals surface area contributed by atoms with Crippen molar-refractivity contribution in [3.63, 3.8) is 0 Å². The van der Waals surface area contributed by atoms with E-state index in [0.717, 1.165) is 6.07 Å². The summed E-state index contributed by atoms with van der Waals surface area (Å²) in [6.07, 6.45) is -4.92. The van der Waals surface area contributed by atoms with E-state index in [1.165, 1.54) is 17.0 Å². The summed E-state index contributed by atoms with van der Waals surface area (Å²) in [5, 5.41) is 3.86. The van der Waals surface area contributed by atoms with Crippen molar-refractivity contribution in [3.05, 3.63) is 70.3 Å². The Labute approximate surface area is 188 Å². The fraction of sp³-hybridized carbons (Fsp3) is 0.273. The molecule has 12 heteroatoms. The van der Waals surface area contributed by atoms with Crippen LogP contribution in [0.3, 0.4) is 0 Å². The fourth-order valence-corrected chi connectivity index (χ4v) is 4.00. The first-order valence-electron chi connectivity index (χ1n) is 10.1. The molecule has 1 fully saturated rings. The number of rotatable bonds is 4. The minimum atomic E-state index is -5.08. The molecule has 34 heavy (non-hydrogen) atoms. The molecule has 2 atom stereocenters. The number of hydrogen-bond donors (Lipinski definition) is 2. The summed E-state index contributed by atoms with van der Waals surface area (Å²) in [6.45, 7) is -0.0865. The number of carbonyl (C=O) groups is 4. The molecule has 2 N–H and O–H groups in total. The van der Waals surface area contributed by atoms with Crippen LogP contribution in [-0.4, -0.2) is 40.7 Å². The van der Waals surface area contributed by atoms with Gasteiger partial charge in [0, 0.05) is 35.7 Å². The zero-order valence-corrected chi connectivity index (χ0v) is 17.2. The van der Waals surface area contributed by atoms with E-state index in [1.807, 2.05) is 0 Å². The molecule has 2 aromatic carbocycles. The van der Waals surface area contributed by atoms with Crippen LogP contribution < -0.4 is 10.6 Å². The van der Waals surface area contributed by atoms with E-state index in [-0.39, 0.29) is 36.6 Å². The van der Waals surface area contributed by atoms with Crippen LogP contribution in [0.15, 0.2) is 36.4 Å². The van der Waals surface area contributed by atoms with Crippen molar-refractivity contribution in [2.75, 3.05) is 0 Å². The number of hydrogen-bond acceptors (Lipinski definition) is 4. The van der Waals surface area contributed by atoms with E-state index in [4.69, 9.17) is 0 Å². The number of piperidine rings is 1. The first-order valence-corrected chi connectivity index (χ1v) is 10.1. The summed E-state index contributed by atoms with van der Waals surface area (Å²) in [4.78, 5) is 50.0. The zero-order chi connectivity index (χ0) is 24.8. The summed E-state index contributed by atoms with van der Waals surface area (Å²) < 4.78 is 67.8. The van der Waals surface area contributed by atoms with E-state index in [2.05, 4.69) is 5.32 Å². The van der Waals surface area contributed by atoms with Gasteiger partial charge in [0.25, 0.3) is 11.8 Å². The van der Waals surface area contributed by atoms with Crippen LogP contribution in [-0.2, 0) is 16.1 Å². The molecule has 2 unspecified atom stereocenters. The van der Waals surface area contributed by atoms with Crippen molar-refractivity contribution in [1.29, 1.82) is 0 Å². The van der Waals surface area contributed by atoms with Gasteiger partial charge < -0.3 is 10.2 Å². The summed E-state index contributed by atoms with van der Waals surface area (Å²) >= 11 is 0. The molecule has 2 aliphatic rings. The average Bonchev–Trinajstić information content (AvgIpc) is 3.07. The number of benzene rings is 2. The maximum atomic E-state index is 14.0. The van der Waals surface area contributed by atoms with Crippen molar-refractivity contribution in [2.45, 2.75) is 37.6 Å². The Hall–Kier alpha value is -3.83. The molecule has 0 aliphatic carbocycles. The van der Waals surface area contributed by atoms with E-state index in [1.54, 1.807) is 5.32 Å². The van der Waals surface area contributed by atoms with Crippen molar-refractivity contribution >= 4 is 23.6 Å². The second kappa shape index (κ2) is 8.50. The number of fused-ring (bicyclic) bond motifs is 1. The quantitative estimate of drug-likeness (QED) is 0.519. The Bertz CT molecular complexity index is 1210. The molecule has 4 rings (SSSR count). The number of nitrogens with zero attached hydrogens (tertiary/aromatic N) is 1. The van der Waals surface area contributed by atoms with Gasteiger partial charge in [-0.2, -0.15) is 13.2 Å². The second-order valence-corrected chi connectivity index (χ2v) is 7.89. The predicted octanol–water partition coefficient (Wildman–Crippen LogP) is 2.76. The number of halogens is 5. The average molecular weight is 481 g/mol. The molecule has 0 saturated carbocycles. The molecule has 7 nitrogen and oxygen atoms in total. The number of nitrogens with one attached hydrogen (secondary N) is 2. The van der Waals surface area contributed by atoms with E-state index in [9.17, 15) is 41.1 Å². The first kappa shape index (κ1) is 23.3. The van der Waals surface area contributed by atoms with Crippen LogP contribution in [0.2, 0.25) is 0 Å². The molecule has 0 bridgehead atoms. The molecule has 0 spiro atoms. The van der Waals surface area contributed by atoms with E-state index < -0.39 is 59.1 Å². The van der Waals surface area contributed by atoms with Gasteiger partial charge in [0.2, 0.25) is 11.8 Å². The summed E-state index contributed by atoms with van der Waals surface area (Å²) in [5.41, 5.74) is -0.715. The van der Waals surface area contributed by atoms with Crippen molar-refractivity contribution in [1.82, 2.24) is 15.5 Å². The Morgan fingerprint density at radius 2 is 1.82 bits per heavy atom. The van der Waals surface area contributed by atoms with Crippen molar-refractivity contribution in [3.8, 4) is 0 Å². The summed E-state index contributed by atoms with van der Waals surface area (Å²) in [5.74, 6) is -5.34. The van der Waals surface area contributed by atoms with E-state index >= 15 is 0 Å². The highest BCUT2D eigenvalue weighted by Gasteiger charge is 2.44. The van der Waals surface area contributed by atoms with Crippen LogP contribution in [0.5, 0.6) is 0 Å². The molecule has 2 aromatic rings. The van der Waals surface area contributed by atoms with Gasteiger partial charge in [-0.3, -0.25) is 24.5 Å². The third-order valence-electron chi connectivity index (χ3n) is 5.66. The minimum absolute atomic E-state index is 0.0446. The topological polar surface area (TPSA) is 95.6 Å². The highest BCUT2D eigenvalue weighted by atomic mass is 19.4. The second-order valence-electron chi connectivity index (χ2n) is 7.89. The normalized spacial score (nSPS) is 19.0. The Morgan fingerprint density at radius 3 is 2.47 bits per heavy atom.